The second-order valence-electron chi connectivity index (χ2n) is 13.4. The molecule has 0 bridgehead atoms. The SMILES string of the molecule is CC1(C)c2ccc(N(c3ccc4ccccc4c3)c3ccccc3-c3ccccc3-c3ccccc3)cc2-c2cc3ccccc3cc21. The van der Waals surface area contributed by atoms with Gasteiger partial charge in [-0.3, -0.25) is 0 Å². The molecule has 0 N–H and O–H groups in total. The molecule has 48 heavy (non-hydrogen) atoms. The molecule has 0 saturated heterocycles. The van der Waals surface area contributed by atoms with Crippen LogP contribution in [-0.2, 0) is 5.41 Å². The average Bonchev–Trinajstić information content (AvgIpc) is 3.36. The number of benzene rings is 8. The third-order valence-electron chi connectivity index (χ3n) is 10.2. The summed E-state index contributed by atoms with van der Waals surface area (Å²) >= 11 is 0. The monoisotopic (exact) mass is 613 g/mol. The van der Waals surface area contributed by atoms with Crippen LogP contribution in [-0.4, -0.2) is 0 Å². The van der Waals surface area contributed by atoms with Crippen molar-refractivity contribution in [2.45, 2.75) is 19.3 Å². The molecule has 0 aromatic heterocycles. The Balaban J connectivity index is 1.29. The van der Waals surface area contributed by atoms with E-state index < -0.39 is 0 Å². The van der Waals surface area contributed by atoms with Gasteiger partial charge >= 0.3 is 0 Å². The molecule has 0 atom stereocenters. The van der Waals surface area contributed by atoms with E-state index in [2.05, 4.69) is 195 Å². The summed E-state index contributed by atoms with van der Waals surface area (Å²) in [5, 5.41) is 5.03. The number of hydrogen-bond donors (Lipinski definition) is 0. The number of nitrogens with zero attached hydrogens (tertiary/aromatic N) is 1. The van der Waals surface area contributed by atoms with Crippen molar-refractivity contribution in [3.05, 3.63) is 187 Å². The highest BCUT2D eigenvalue weighted by Crippen LogP contribution is 2.52. The summed E-state index contributed by atoms with van der Waals surface area (Å²) in [4.78, 5) is 2.45. The summed E-state index contributed by atoms with van der Waals surface area (Å²) < 4.78 is 0. The Labute approximate surface area is 282 Å². The molecule has 0 aliphatic heterocycles. The van der Waals surface area contributed by atoms with Gasteiger partial charge in [-0.25, -0.2) is 0 Å². The van der Waals surface area contributed by atoms with E-state index in [1.807, 2.05) is 0 Å². The summed E-state index contributed by atoms with van der Waals surface area (Å²) in [5.74, 6) is 0. The van der Waals surface area contributed by atoms with Crippen LogP contribution in [0.3, 0.4) is 0 Å². The molecule has 228 valence electrons. The van der Waals surface area contributed by atoms with Crippen molar-refractivity contribution in [2.24, 2.45) is 0 Å². The molecule has 8 aromatic rings. The number of rotatable bonds is 5. The van der Waals surface area contributed by atoms with Crippen molar-refractivity contribution < 1.29 is 0 Å². The number of anilines is 3. The summed E-state index contributed by atoms with van der Waals surface area (Å²) in [5.41, 5.74) is 13.6. The first-order valence-corrected chi connectivity index (χ1v) is 16.8. The van der Waals surface area contributed by atoms with Gasteiger partial charge in [0.1, 0.15) is 0 Å². The molecule has 0 spiro atoms. The average molecular weight is 614 g/mol. The Morgan fingerprint density at radius 2 is 0.896 bits per heavy atom. The molecule has 1 aliphatic rings. The predicted octanol–water partition coefficient (Wildman–Crippen LogP) is 13.1. The van der Waals surface area contributed by atoms with Crippen molar-refractivity contribution in [1.29, 1.82) is 0 Å². The lowest BCUT2D eigenvalue weighted by Gasteiger charge is -2.29. The molecule has 0 unspecified atom stereocenters. The fraction of sp³-hybridized carbons (Fsp3) is 0.0638. The van der Waals surface area contributed by atoms with Crippen LogP contribution in [0.1, 0.15) is 25.0 Å². The topological polar surface area (TPSA) is 3.24 Å². The molecule has 1 heteroatoms. The van der Waals surface area contributed by atoms with E-state index in [0.717, 1.165) is 17.1 Å². The molecule has 0 heterocycles. The fourth-order valence-electron chi connectivity index (χ4n) is 7.79. The van der Waals surface area contributed by atoms with Gasteiger partial charge in [-0.05, 0) is 103 Å². The predicted molar refractivity (Wildman–Crippen MR) is 205 cm³/mol. The van der Waals surface area contributed by atoms with Crippen molar-refractivity contribution in [2.75, 3.05) is 4.90 Å². The Morgan fingerprint density at radius 1 is 0.354 bits per heavy atom. The zero-order chi connectivity index (χ0) is 32.2. The van der Waals surface area contributed by atoms with Crippen molar-refractivity contribution in [1.82, 2.24) is 0 Å². The van der Waals surface area contributed by atoms with Gasteiger partial charge in [-0.15, -0.1) is 0 Å². The van der Waals surface area contributed by atoms with E-state index in [9.17, 15) is 0 Å². The van der Waals surface area contributed by atoms with Gasteiger partial charge in [-0.1, -0.05) is 147 Å². The summed E-state index contributed by atoms with van der Waals surface area (Å²) in [6, 6.07) is 64.5. The van der Waals surface area contributed by atoms with Crippen LogP contribution in [0.15, 0.2) is 176 Å². The van der Waals surface area contributed by atoms with Crippen molar-refractivity contribution in [3.8, 4) is 33.4 Å². The Morgan fingerprint density at radius 3 is 1.67 bits per heavy atom. The number of fused-ring (bicyclic) bond motifs is 5. The first kappa shape index (κ1) is 28.3. The van der Waals surface area contributed by atoms with Gasteiger partial charge < -0.3 is 4.90 Å². The van der Waals surface area contributed by atoms with Gasteiger partial charge in [0.05, 0.1) is 5.69 Å². The quantitative estimate of drug-likeness (QED) is 0.187. The van der Waals surface area contributed by atoms with E-state index in [1.165, 1.54) is 66.1 Å². The minimum absolute atomic E-state index is 0.0897. The highest BCUT2D eigenvalue weighted by atomic mass is 15.1. The van der Waals surface area contributed by atoms with E-state index in [4.69, 9.17) is 0 Å². The van der Waals surface area contributed by atoms with Crippen LogP contribution in [0.25, 0.3) is 54.9 Å². The van der Waals surface area contributed by atoms with E-state index in [1.54, 1.807) is 0 Å². The first-order valence-electron chi connectivity index (χ1n) is 16.8. The molecule has 1 aliphatic carbocycles. The van der Waals surface area contributed by atoms with Gasteiger partial charge in [-0.2, -0.15) is 0 Å². The minimum Gasteiger partial charge on any atom is -0.310 e. The van der Waals surface area contributed by atoms with E-state index in [0.29, 0.717) is 0 Å². The molecule has 9 rings (SSSR count). The van der Waals surface area contributed by atoms with Crippen LogP contribution in [0, 0.1) is 0 Å². The second-order valence-corrected chi connectivity index (χ2v) is 13.4. The van der Waals surface area contributed by atoms with Crippen LogP contribution >= 0.6 is 0 Å². The smallest absolute Gasteiger partial charge is 0.0540 e. The Bertz CT molecular complexity index is 2490. The lowest BCUT2D eigenvalue weighted by Crippen LogP contribution is -2.15. The largest absolute Gasteiger partial charge is 0.310 e. The summed E-state index contributed by atoms with van der Waals surface area (Å²) in [7, 11) is 0. The Kier molecular flexibility index (Phi) is 6.55. The van der Waals surface area contributed by atoms with E-state index >= 15 is 0 Å². The second kappa shape index (κ2) is 11.1. The first-order chi connectivity index (χ1) is 23.6. The molecule has 0 amide bonds. The summed E-state index contributed by atoms with van der Waals surface area (Å²) in [6.07, 6.45) is 0. The van der Waals surface area contributed by atoms with Gasteiger partial charge in [0.2, 0.25) is 0 Å². The standard InChI is InChI=1S/C47H35N/c1-47(2)44-27-26-38(31-43(44)42-29-35-18-8-9-19-36(35)30-45(42)47)48(37-25-24-32-14-6-7-17-34(32)28-37)46-23-13-12-22-41(46)40-21-11-10-20-39(40)33-15-4-3-5-16-33/h3-31H,1-2H3. The molecular formula is C47H35N. The number of para-hydroxylation sites is 1. The van der Waals surface area contributed by atoms with Gasteiger partial charge in [0.15, 0.2) is 0 Å². The maximum atomic E-state index is 2.45. The summed E-state index contributed by atoms with van der Waals surface area (Å²) in [6.45, 7) is 4.73. The zero-order valence-electron chi connectivity index (χ0n) is 27.2. The number of hydrogen-bond acceptors (Lipinski definition) is 1. The lowest BCUT2D eigenvalue weighted by molar-refractivity contribution is 0.661. The highest BCUT2D eigenvalue weighted by molar-refractivity contribution is 5.98. The molecular weight excluding hydrogens is 579 g/mol. The van der Waals surface area contributed by atoms with Gasteiger partial charge in [0, 0.05) is 22.4 Å². The molecule has 0 radical (unpaired) electrons. The third-order valence-corrected chi connectivity index (χ3v) is 10.2. The van der Waals surface area contributed by atoms with Crippen LogP contribution in [0.2, 0.25) is 0 Å². The third kappa shape index (κ3) is 4.54. The van der Waals surface area contributed by atoms with E-state index in [-0.39, 0.29) is 5.41 Å². The maximum Gasteiger partial charge on any atom is 0.0540 e. The van der Waals surface area contributed by atoms with Crippen molar-refractivity contribution in [3.63, 3.8) is 0 Å². The maximum absolute atomic E-state index is 2.45. The molecule has 0 fully saturated rings. The Hall–Kier alpha value is -5.92. The van der Waals surface area contributed by atoms with Gasteiger partial charge in [0.25, 0.3) is 0 Å². The fourth-order valence-corrected chi connectivity index (χ4v) is 7.79. The normalized spacial score (nSPS) is 13.0. The highest BCUT2D eigenvalue weighted by Gasteiger charge is 2.36. The van der Waals surface area contributed by atoms with Crippen molar-refractivity contribution >= 4 is 38.6 Å². The molecule has 8 aromatic carbocycles. The minimum atomic E-state index is -0.0897. The van der Waals surface area contributed by atoms with Crippen LogP contribution < -0.4 is 4.90 Å². The zero-order valence-corrected chi connectivity index (χ0v) is 27.2. The van der Waals surface area contributed by atoms with Crippen LogP contribution in [0.5, 0.6) is 0 Å². The van der Waals surface area contributed by atoms with Crippen LogP contribution in [0.4, 0.5) is 17.1 Å². The molecule has 0 saturated carbocycles. The lowest BCUT2D eigenvalue weighted by atomic mass is 9.82. The molecule has 1 nitrogen and oxygen atoms in total.